The van der Waals surface area contributed by atoms with Crippen molar-refractivity contribution in [2.45, 2.75) is 50.1 Å². The number of nitrogens with two attached hydrogens (primary N) is 2. The Bertz CT molecular complexity index is 1900. The van der Waals surface area contributed by atoms with E-state index in [-0.39, 0.29) is 23.7 Å². The smallest absolute Gasteiger partial charge is 0.252 e. The number of nitrogens with zero attached hydrogens (tertiary/aromatic N) is 2. The second-order valence-corrected chi connectivity index (χ2v) is 14.4. The maximum Gasteiger partial charge on any atom is 0.252 e. The monoisotopic (exact) mass is 698 g/mol. The van der Waals surface area contributed by atoms with Crippen molar-refractivity contribution in [2.75, 3.05) is 45.2 Å². The zero-order valence-electron chi connectivity index (χ0n) is 30.0. The summed E-state index contributed by atoms with van der Waals surface area (Å²) in [6.45, 7) is 5.29. The van der Waals surface area contributed by atoms with E-state index in [9.17, 15) is 9.59 Å². The summed E-state index contributed by atoms with van der Waals surface area (Å²) in [6.07, 6.45) is 4.24. The van der Waals surface area contributed by atoms with Gasteiger partial charge >= 0.3 is 0 Å². The normalized spacial score (nSPS) is 20.2. The number of piperidine rings is 2. The van der Waals surface area contributed by atoms with Crippen molar-refractivity contribution in [3.8, 4) is 5.75 Å². The van der Waals surface area contributed by atoms with Crippen LogP contribution in [0.25, 0.3) is 0 Å². The van der Waals surface area contributed by atoms with Crippen LogP contribution in [-0.2, 0) is 23.2 Å². The highest BCUT2D eigenvalue weighted by atomic mass is 16.5. The first-order chi connectivity index (χ1) is 25.4. The molecule has 3 aliphatic heterocycles. The van der Waals surface area contributed by atoms with E-state index >= 15 is 0 Å². The Morgan fingerprint density at radius 1 is 0.788 bits per heavy atom. The maximum atomic E-state index is 15.0. The Morgan fingerprint density at radius 3 is 2.08 bits per heavy atom. The molecule has 2 saturated heterocycles. The summed E-state index contributed by atoms with van der Waals surface area (Å²) in [5.41, 5.74) is 17.8. The summed E-state index contributed by atoms with van der Waals surface area (Å²) in [6, 6.07) is 34.4. The van der Waals surface area contributed by atoms with Gasteiger partial charge in [0.25, 0.3) is 5.91 Å². The molecule has 7 rings (SSSR count). The minimum Gasteiger partial charge on any atom is -0.495 e. The molecule has 0 spiro atoms. The van der Waals surface area contributed by atoms with Crippen molar-refractivity contribution >= 4 is 17.5 Å². The Balaban J connectivity index is 1.24. The number of primary amides is 1. The van der Waals surface area contributed by atoms with Gasteiger partial charge in [-0.15, -0.1) is 0 Å². The maximum absolute atomic E-state index is 15.0. The fraction of sp³-hybridized carbons (Fsp3) is 0.349. The van der Waals surface area contributed by atoms with Crippen LogP contribution in [0.2, 0.25) is 0 Å². The third-order valence-electron chi connectivity index (χ3n) is 11.4. The van der Waals surface area contributed by atoms with Gasteiger partial charge in [-0.1, -0.05) is 91.0 Å². The highest BCUT2D eigenvalue weighted by Crippen LogP contribution is 2.56. The van der Waals surface area contributed by atoms with Gasteiger partial charge in [-0.3, -0.25) is 14.5 Å². The molecular formula is C43H50N6O3. The van der Waals surface area contributed by atoms with Crippen LogP contribution in [0.15, 0.2) is 115 Å². The number of fused-ring (bicyclic) bond motifs is 1. The van der Waals surface area contributed by atoms with Crippen molar-refractivity contribution in [1.82, 2.24) is 15.1 Å². The van der Waals surface area contributed by atoms with E-state index in [4.69, 9.17) is 16.2 Å². The highest BCUT2D eigenvalue weighted by Gasteiger charge is 2.54. The summed E-state index contributed by atoms with van der Waals surface area (Å²) < 4.78 is 5.87. The number of para-hydroxylation sites is 1. The highest BCUT2D eigenvalue weighted by molar-refractivity contribution is 6.03. The van der Waals surface area contributed by atoms with Crippen molar-refractivity contribution in [2.24, 2.45) is 17.4 Å². The zero-order valence-corrected chi connectivity index (χ0v) is 30.0. The summed E-state index contributed by atoms with van der Waals surface area (Å²) in [5, 5.41) is 6.80. The second kappa shape index (κ2) is 15.6. The lowest BCUT2D eigenvalue weighted by Gasteiger charge is -2.50. The first-order valence-electron chi connectivity index (χ1n) is 18.6. The van der Waals surface area contributed by atoms with Crippen molar-refractivity contribution in [1.29, 1.82) is 0 Å². The van der Waals surface area contributed by atoms with Crippen molar-refractivity contribution in [3.05, 3.63) is 142 Å². The van der Waals surface area contributed by atoms with Crippen LogP contribution in [0.4, 0.5) is 5.69 Å². The first kappa shape index (κ1) is 35.3. The van der Waals surface area contributed by atoms with Gasteiger partial charge in [0.05, 0.1) is 23.8 Å². The lowest BCUT2D eigenvalue weighted by Crippen LogP contribution is -2.54. The van der Waals surface area contributed by atoms with E-state index < -0.39 is 11.3 Å². The Hall–Kier alpha value is -5.12. The molecular weight excluding hydrogens is 649 g/mol. The number of rotatable bonds is 11. The molecule has 1 unspecified atom stereocenters. The van der Waals surface area contributed by atoms with Gasteiger partial charge in [0.2, 0.25) is 5.91 Å². The summed E-state index contributed by atoms with van der Waals surface area (Å²) >= 11 is 0. The molecule has 9 nitrogen and oxygen atoms in total. The molecule has 2 fully saturated rings. The minimum absolute atomic E-state index is 0.00992. The second-order valence-electron chi connectivity index (χ2n) is 14.4. The molecule has 0 saturated carbocycles. The van der Waals surface area contributed by atoms with Crippen LogP contribution < -0.4 is 26.8 Å². The average molecular weight is 699 g/mol. The Morgan fingerprint density at radius 2 is 1.40 bits per heavy atom. The predicted octanol–water partition coefficient (Wildman–Crippen LogP) is 5.41. The molecule has 0 bridgehead atoms. The van der Waals surface area contributed by atoms with Crippen LogP contribution in [0.3, 0.4) is 0 Å². The third kappa shape index (κ3) is 7.03. The summed E-state index contributed by atoms with van der Waals surface area (Å²) in [7, 11) is 1.63. The van der Waals surface area contributed by atoms with E-state index in [1.165, 1.54) is 11.1 Å². The van der Waals surface area contributed by atoms with Gasteiger partial charge in [-0.2, -0.15) is 0 Å². The fourth-order valence-electron chi connectivity index (χ4n) is 8.83. The van der Waals surface area contributed by atoms with Gasteiger partial charge in [0, 0.05) is 37.8 Å². The number of likely N-dealkylation sites (tertiary alicyclic amines) is 2. The lowest BCUT2D eigenvalue weighted by molar-refractivity contribution is -0.119. The largest absolute Gasteiger partial charge is 0.495 e. The molecule has 3 aliphatic rings. The molecule has 0 radical (unpaired) electrons. The average Bonchev–Trinajstić information content (AvgIpc) is 3.18. The molecule has 0 aromatic heterocycles. The molecule has 3 heterocycles. The van der Waals surface area contributed by atoms with Gasteiger partial charge < -0.3 is 31.7 Å². The molecule has 6 N–H and O–H groups in total. The molecule has 1 atom stereocenters. The molecule has 4 aromatic carbocycles. The molecule has 270 valence electrons. The Kier molecular flexibility index (Phi) is 10.6. The number of hydrogen-bond donors (Lipinski definition) is 4. The van der Waals surface area contributed by atoms with E-state index in [2.05, 4.69) is 69.0 Å². The topological polar surface area (TPSA) is 126 Å². The fourth-order valence-corrected chi connectivity index (χ4v) is 8.83. The summed E-state index contributed by atoms with van der Waals surface area (Å²) in [5.74, 6) is 0.0472. The van der Waals surface area contributed by atoms with Crippen molar-refractivity contribution in [3.63, 3.8) is 0 Å². The molecule has 2 amide bonds. The van der Waals surface area contributed by atoms with Crippen LogP contribution in [-0.4, -0.2) is 67.5 Å². The number of methoxy groups -OCH3 is 1. The SMILES string of the molecule is COc1cccc2c1NC(N)=C(C(=O)NC1CCN(CCc3ccccc3)CC1)C2(c1ccccc1C(N)=O)C1CCN(Cc2ccccc2)CC1. The van der Waals surface area contributed by atoms with Crippen LogP contribution in [0.1, 0.15) is 58.3 Å². The number of amides is 2. The predicted molar refractivity (Wildman–Crippen MR) is 206 cm³/mol. The van der Waals surface area contributed by atoms with Crippen LogP contribution >= 0.6 is 0 Å². The van der Waals surface area contributed by atoms with Gasteiger partial charge in [0.15, 0.2) is 0 Å². The molecule has 0 aliphatic carbocycles. The number of hydrogen-bond acceptors (Lipinski definition) is 7. The number of anilines is 1. The van der Waals surface area contributed by atoms with Gasteiger partial charge in [-0.05, 0) is 85.5 Å². The molecule has 9 heteroatoms. The molecule has 52 heavy (non-hydrogen) atoms. The lowest BCUT2D eigenvalue weighted by atomic mass is 9.56. The van der Waals surface area contributed by atoms with Crippen LogP contribution in [0.5, 0.6) is 5.75 Å². The number of carbonyl (C=O) groups is 2. The number of carbonyl (C=O) groups excluding carboxylic acids is 2. The van der Waals surface area contributed by atoms with E-state index in [1.54, 1.807) is 13.2 Å². The standard InChI is InChI=1S/C43H50N6O3/c1-52-37-18-10-17-36-39(37)47-40(44)38(42(51)46-33-22-27-48(28-23-33)24-19-30-11-4-2-5-12-30)43(36,35-16-9-8-15-34(35)41(45)50)32-20-25-49(26-21-32)29-31-13-6-3-7-14-31/h2-18,32-33,47H,19-29,44H2,1H3,(H2,45,50)(H,46,51). The number of nitrogens with one attached hydrogen (secondary N) is 2. The van der Waals surface area contributed by atoms with E-state index in [0.717, 1.165) is 76.9 Å². The first-order valence-corrected chi connectivity index (χ1v) is 18.6. The molecule has 4 aromatic rings. The third-order valence-corrected chi connectivity index (χ3v) is 11.4. The minimum atomic E-state index is -1.08. The van der Waals surface area contributed by atoms with Crippen LogP contribution in [0, 0.1) is 5.92 Å². The number of benzene rings is 4. The van der Waals surface area contributed by atoms with Crippen molar-refractivity contribution < 1.29 is 14.3 Å². The zero-order chi connectivity index (χ0) is 36.1. The van der Waals surface area contributed by atoms with Gasteiger partial charge in [-0.25, -0.2) is 0 Å². The quantitative estimate of drug-likeness (QED) is 0.165. The van der Waals surface area contributed by atoms with E-state index in [0.29, 0.717) is 28.1 Å². The number of ether oxygens (including phenoxy) is 1. The van der Waals surface area contributed by atoms with E-state index in [1.807, 2.05) is 48.5 Å². The Labute approximate surface area is 307 Å². The summed E-state index contributed by atoms with van der Waals surface area (Å²) in [4.78, 5) is 33.2. The van der Waals surface area contributed by atoms with Gasteiger partial charge in [0.1, 0.15) is 11.6 Å².